The van der Waals surface area contributed by atoms with Crippen molar-refractivity contribution in [3.63, 3.8) is 0 Å². The molecule has 4 aromatic rings. The van der Waals surface area contributed by atoms with Crippen molar-refractivity contribution >= 4 is 40.2 Å². The van der Waals surface area contributed by atoms with Gasteiger partial charge < -0.3 is 5.32 Å². The summed E-state index contributed by atoms with van der Waals surface area (Å²) in [6.07, 6.45) is 0.866. The third-order valence-electron chi connectivity index (χ3n) is 5.29. The number of carbonyl (C=O) groups is 1. The Morgan fingerprint density at radius 3 is 2.62 bits per heavy atom. The zero-order valence-electron chi connectivity index (χ0n) is 18.6. The normalized spacial score (nSPS) is 11.0. The van der Waals surface area contributed by atoms with Crippen LogP contribution in [0.15, 0.2) is 76.7 Å². The second-order valence-corrected chi connectivity index (χ2v) is 9.13. The number of hydrogen-bond acceptors (Lipinski definition) is 4. The summed E-state index contributed by atoms with van der Waals surface area (Å²) in [5.74, 6) is -0.0860. The fourth-order valence-corrected chi connectivity index (χ4v) is 4.78. The molecule has 34 heavy (non-hydrogen) atoms. The molecule has 0 aliphatic carbocycles. The summed E-state index contributed by atoms with van der Waals surface area (Å²) in [6, 6.07) is 18.7. The first-order valence-electron chi connectivity index (χ1n) is 10.9. The van der Waals surface area contributed by atoms with E-state index in [0.29, 0.717) is 45.5 Å². The molecule has 0 saturated heterocycles. The summed E-state index contributed by atoms with van der Waals surface area (Å²) in [4.78, 5) is 30.2. The molecule has 1 aromatic heterocycles. The Bertz CT molecular complexity index is 1390. The smallest absolute Gasteiger partial charge is 0.262 e. The molecule has 174 valence electrons. The van der Waals surface area contributed by atoms with E-state index in [1.807, 2.05) is 31.2 Å². The summed E-state index contributed by atoms with van der Waals surface area (Å²) in [7, 11) is 0. The number of benzene rings is 3. The number of nitrogens with zero attached hydrogens (tertiary/aromatic N) is 2. The van der Waals surface area contributed by atoms with Crippen LogP contribution in [-0.2, 0) is 12.3 Å². The summed E-state index contributed by atoms with van der Waals surface area (Å²) >= 11 is 7.56. The molecule has 1 N–H and O–H groups in total. The van der Waals surface area contributed by atoms with Crippen molar-refractivity contribution in [1.29, 1.82) is 0 Å². The molecule has 4 rings (SSSR count). The fraction of sp³-hybridized carbons (Fsp3) is 0.192. The van der Waals surface area contributed by atoms with Gasteiger partial charge in [-0.2, -0.15) is 0 Å². The van der Waals surface area contributed by atoms with E-state index < -0.39 is 5.82 Å². The van der Waals surface area contributed by atoms with E-state index >= 15 is 0 Å². The highest BCUT2D eigenvalue weighted by Crippen LogP contribution is 2.27. The largest absolute Gasteiger partial charge is 0.352 e. The average molecular weight is 496 g/mol. The molecule has 3 aromatic carbocycles. The van der Waals surface area contributed by atoms with Gasteiger partial charge in [0, 0.05) is 22.9 Å². The summed E-state index contributed by atoms with van der Waals surface area (Å²) in [6.45, 7) is 2.92. The molecule has 0 aliphatic heterocycles. The standard InChI is InChI=1S/C26H23ClFN3O2S/c1-2-13-29-24(32)18-9-7-17(8-10-18)15-31-25(33)21-5-3-4-6-23(21)30-26(31)34-16-19-11-12-20(28)14-22(19)27/h3-12,14H,2,13,15-16H2,1H3,(H,29,32). The van der Waals surface area contributed by atoms with E-state index in [1.165, 1.54) is 23.9 Å². The van der Waals surface area contributed by atoms with E-state index in [1.54, 1.807) is 34.9 Å². The average Bonchev–Trinajstić information content (AvgIpc) is 2.84. The minimum Gasteiger partial charge on any atom is -0.352 e. The Hall–Kier alpha value is -3.16. The molecule has 0 aliphatic rings. The van der Waals surface area contributed by atoms with E-state index in [2.05, 4.69) is 5.32 Å². The number of aromatic nitrogens is 2. The maximum Gasteiger partial charge on any atom is 0.262 e. The van der Waals surface area contributed by atoms with Gasteiger partial charge in [-0.15, -0.1) is 0 Å². The predicted molar refractivity (Wildman–Crippen MR) is 135 cm³/mol. The van der Waals surface area contributed by atoms with Gasteiger partial charge >= 0.3 is 0 Å². The highest BCUT2D eigenvalue weighted by molar-refractivity contribution is 7.98. The van der Waals surface area contributed by atoms with Crippen molar-refractivity contribution < 1.29 is 9.18 Å². The van der Waals surface area contributed by atoms with Crippen LogP contribution < -0.4 is 10.9 Å². The van der Waals surface area contributed by atoms with Gasteiger partial charge in [-0.1, -0.05) is 60.6 Å². The van der Waals surface area contributed by atoms with Crippen molar-refractivity contribution in [2.24, 2.45) is 0 Å². The van der Waals surface area contributed by atoms with Crippen molar-refractivity contribution in [2.75, 3.05) is 6.54 Å². The Kier molecular flexibility index (Phi) is 7.65. The first-order valence-corrected chi connectivity index (χ1v) is 12.3. The quantitative estimate of drug-likeness (QED) is 0.253. The molecule has 0 fully saturated rings. The summed E-state index contributed by atoms with van der Waals surface area (Å²) < 4.78 is 15.0. The minimum atomic E-state index is -0.397. The molecule has 8 heteroatoms. The molecule has 0 spiro atoms. The summed E-state index contributed by atoms with van der Waals surface area (Å²) in [5, 5.41) is 4.25. The Balaban J connectivity index is 1.64. The van der Waals surface area contributed by atoms with Crippen molar-refractivity contribution in [2.45, 2.75) is 30.8 Å². The molecule has 0 radical (unpaired) electrons. The lowest BCUT2D eigenvalue weighted by atomic mass is 10.1. The Morgan fingerprint density at radius 1 is 1.12 bits per heavy atom. The summed E-state index contributed by atoms with van der Waals surface area (Å²) in [5.41, 5.74) is 2.65. The molecule has 0 saturated carbocycles. The first-order chi connectivity index (χ1) is 16.5. The topological polar surface area (TPSA) is 64.0 Å². The van der Waals surface area contributed by atoms with Gasteiger partial charge in [0.25, 0.3) is 11.5 Å². The lowest BCUT2D eigenvalue weighted by Gasteiger charge is -2.14. The van der Waals surface area contributed by atoms with E-state index in [9.17, 15) is 14.0 Å². The third kappa shape index (κ3) is 5.48. The molecule has 0 unspecified atom stereocenters. The number of nitrogens with one attached hydrogen (secondary N) is 1. The van der Waals surface area contributed by atoms with Gasteiger partial charge in [0.15, 0.2) is 5.16 Å². The minimum absolute atomic E-state index is 0.120. The van der Waals surface area contributed by atoms with Gasteiger partial charge in [-0.3, -0.25) is 14.2 Å². The number of rotatable bonds is 8. The number of para-hydroxylation sites is 1. The number of amides is 1. The van der Waals surface area contributed by atoms with Crippen LogP contribution in [0.5, 0.6) is 0 Å². The first kappa shape index (κ1) is 24.0. The molecule has 0 atom stereocenters. The molecular weight excluding hydrogens is 473 g/mol. The third-order valence-corrected chi connectivity index (χ3v) is 6.67. The van der Waals surface area contributed by atoms with E-state index in [-0.39, 0.29) is 11.5 Å². The van der Waals surface area contributed by atoms with Crippen molar-refractivity contribution in [3.8, 4) is 0 Å². The van der Waals surface area contributed by atoms with Crippen LogP contribution in [0.4, 0.5) is 4.39 Å². The number of halogens is 2. The van der Waals surface area contributed by atoms with E-state index in [4.69, 9.17) is 16.6 Å². The lowest BCUT2D eigenvalue weighted by Crippen LogP contribution is -2.25. The highest BCUT2D eigenvalue weighted by Gasteiger charge is 2.14. The molecule has 1 amide bonds. The van der Waals surface area contributed by atoms with Crippen LogP contribution >= 0.6 is 23.4 Å². The van der Waals surface area contributed by atoms with Crippen LogP contribution in [-0.4, -0.2) is 22.0 Å². The monoisotopic (exact) mass is 495 g/mol. The number of hydrogen-bond donors (Lipinski definition) is 1. The number of carbonyl (C=O) groups excluding carboxylic acids is 1. The lowest BCUT2D eigenvalue weighted by molar-refractivity contribution is 0.0953. The van der Waals surface area contributed by atoms with Crippen molar-refractivity contribution in [3.05, 3.63) is 105 Å². The maximum atomic E-state index is 13.4. The van der Waals surface area contributed by atoms with Crippen LogP contribution in [0.1, 0.15) is 34.8 Å². The number of fused-ring (bicyclic) bond motifs is 1. The highest BCUT2D eigenvalue weighted by atomic mass is 35.5. The predicted octanol–water partition coefficient (Wildman–Crippen LogP) is 5.67. The number of thioether (sulfide) groups is 1. The molecular formula is C26H23ClFN3O2S. The zero-order chi connectivity index (χ0) is 24.1. The SMILES string of the molecule is CCCNC(=O)c1ccc(Cn2c(SCc3ccc(F)cc3Cl)nc3ccccc3c2=O)cc1. The molecule has 5 nitrogen and oxygen atoms in total. The van der Waals surface area contributed by atoms with Gasteiger partial charge in [0.2, 0.25) is 0 Å². The molecule has 0 bridgehead atoms. The maximum absolute atomic E-state index is 13.4. The van der Waals surface area contributed by atoms with Crippen LogP contribution in [0.25, 0.3) is 10.9 Å². The van der Waals surface area contributed by atoms with Gasteiger partial charge in [-0.25, -0.2) is 9.37 Å². The van der Waals surface area contributed by atoms with Crippen LogP contribution in [0, 0.1) is 5.82 Å². The van der Waals surface area contributed by atoms with Gasteiger partial charge in [0.05, 0.1) is 17.4 Å². The van der Waals surface area contributed by atoms with Crippen LogP contribution in [0.3, 0.4) is 0 Å². The Labute approximate surface area is 206 Å². The van der Waals surface area contributed by atoms with Crippen molar-refractivity contribution in [1.82, 2.24) is 14.9 Å². The van der Waals surface area contributed by atoms with E-state index in [0.717, 1.165) is 17.5 Å². The molecule has 1 heterocycles. The second-order valence-electron chi connectivity index (χ2n) is 7.78. The Morgan fingerprint density at radius 2 is 1.88 bits per heavy atom. The van der Waals surface area contributed by atoms with Gasteiger partial charge in [-0.05, 0) is 53.9 Å². The second kappa shape index (κ2) is 10.8. The zero-order valence-corrected chi connectivity index (χ0v) is 20.1. The van der Waals surface area contributed by atoms with Crippen LogP contribution in [0.2, 0.25) is 5.02 Å². The fourth-order valence-electron chi connectivity index (χ4n) is 3.46. The van der Waals surface area contributed by atoms with Gasteiger partial charge in [0.1, 0.15) is 5.82 Å².